The summed E-state index contributed by atoms with van der Waals surface area (Å²) < 4.78 is 2.23. The first-order chi connectivity index (χ1) is 17.7. The van der Waals surface area contributed by atoms with Crippen LogP contribution in [-0.4, -0.2) is 27.6 Å². The number of carbonyl (C=O) groups excluding carboxylic acids is 2. The van der Waals surface area contributed by atoms with Crippen molar-refractivity contribution in [3.63, 3.8) is 0 Å². The Kier molecular flexibility index (Phi) is 4.08. The van der Waals surface area contributed by atoms with Crippen molar-refractivity contribution < 1.29 is 9.59 Å². The third kappa shape index (κ3) is 2.74. The second kappa shape index (κ2) is 7.26. The van der Waals surface area contributed by atoms with Gasteiger partial charge in [0, 0.05) is 29.2 Å². The van der Waals surface area contributed by atoms with Crippen molar-refractivity contribution in [1.29, 1.82) is 0 Å². The Bertz CT molecular complexity index is 1600. The van der Waals surface area contributed by atoms with Gasteiger partial charge in [0.15, 0.2) is 0 Å². The second-order valence-corrected chi connectivity index (χ2v) is 10.8. The van der Waals surface area contributed by atoms with Crippen molar-refractivity contribution in [2.75, 3.05) is 0 Å². The number of hydrogen-bond donors (Lipinski definition) is 0. The number of para-hydroxylation sites is 1. The van der Waals surface area contributed by atoms with E-state index in [1.807, 2.05) is 12.1 Å². The number of rotatable bonds is 4. The number of fused-ring (bicyclic) bond motifs is 2. The van der Waals surface area contributed by atoms with Gasteiger partial charge in [-0.25, -0.2) is 0 Å². The molecule has 4 aliphatic carbocycles. The largest absolute Gasteiger partial charge is 0.342 e. The van der Waals surface area contributed by atoms with Crippen LogP contribution < -0.4 is 0 Å². The minimum absolute atomic E-state index is 0.120. The topological polar surface area (TPSA) is 54.7 Å². The van der Waals surface area contributed by atoms with Gasteiger partial charge in [-0.1, -0.05) is 72.8 Å². The van der Waals surface area contributed by atoms with Gasteiger partial charge in [0.1, 0.15) is 0 Å². The fourth-order valence-electron chi connectivity index (χ4n) is 7.30. The summed E-state index contributed by atoms with van der Waals surface area (Å²) in [6, 6.07) is 23.1. The Hall–Kier alpha value is -3.99. The summed E-state index contributed by atoms with van der Waals surface area (Å²) in [6.07, 6.45) is 9.33. The number of imide groups is 1. The molecule has 1 aromatic heterocycles. The average molecular weight is 472 g/mol. The molecule has 4 aromatic rings. The number of benzene rings is 3. The molecule has 0 N–H and O–H groups in total. The van der Waals surface area contributed by atoms with Crippen LogP contribution >= 0.6 is 0 Å². The Morgan fingerprint density at radius 1 is 0.806 bits per heavy atom. The summed E-state index contributed by atoms with van der Waals surface area (Å²) in [7, 11) is 0. The lowest BCUT2D eigenvalue weighted by Crippen LogP contribution is -2.40. The molecule has 6 atom stereocenters. The minimum atomic E-state index is -0.221. The lowest BCUT2D eigenvalue weighted by molar-refractivity contribution is -0.140. The first-order valence-corrected chi connectivity index (χ1v) is 12.8. The van der Waals surface area contributed by atoms with Gasteiger partial charge in [-0.05, 0) is 52.5 Å². The highest BCUT2D eigenvalue weighted by Gasteiger charge is 2.67. The van der Waals surface area contributed by atoms with Crippen molar-refractivity contribution in [2.24, 2.45) is 40.6 Å². The molecule has 2 bridgehead atoms. The van der Waals surface area contributed by atoms with Gasteiger partial charge in [-0.2, -0.15) is 10.1 Å². The quantitative estimate of drug-likeness (QED) is 0.233. The zero-order valence-electron chi connectivity index (χ0n) is 19.7. The normalized spacial score (nSPS) is 30.1. The van der Waals surface area contributed by atoms with Crippen LogP contribution in [0.15, 0.2) is 90.2 Å². The Morgan fingerprint density at radius 2 is 1.47 bits per heavy atom. The number of allylic oxidation sites excluding steroid dienone is 2. The van der Waals surface area contributed by atoms with Gasteiger partial charge < -0.3 is 4.57 Å². The molecule has 2 heterocycles. The molecule has 1 aliphatic heterocycles. The number of hydrazone groups is 1. The first kappa shape index (κ1) is 20.2. The van der Waals surface area contributed by atoms with E-state index >= 15 is 0 Å². The third-order valence-corrected chi connectivity index (χ3v) is 8.99. The van der Waals surface area contributed by atoms with E-state index in [0.29, 0.717) is 11.8 Å². The molecular formula is C31H25N3O2. The zero-order valence-corrected chi connectivity index (χ0v) is 19.7. The summed E-state index contributed by atoms with van der Waals surface area (Å²) in [5.41, 5.74) is 3.25. The molecule has 3 fully saturated rings. The average Bonchev–Trinajstić information content (AvgIpc) is 3.62. The highest BCUT2D eigenvalue weighted by molar-refractivity contribution is 6.07. The van der Waals surface area contributed by atoms with Crippen LogP contribution in [0.4, 0.5) is 0 Å². The minimum Gasteiger partial charge on any atom is -0.342 e. The molecule has 1 saturated heterocycles. The Labute approximate surface area is 208 Å². The fourth-order valence-corrected chi connectivity index (χ4v) is 7.30. The van der Waals surface area contributed by atoms with Crippen LogP contribution in [-0.2, 0) is 16.1 Å². The molecule has 0 radical (unpaired) electrons. The molecule has 2 amide bonds. The molecule has 0 unspecified atom stereocenters. The van der Waals surface area contributed by atoms with E-state index in [2.05, 4.69) is 82.6 Å². The molecule has 5 heteroatoms. The predicted molar refractivity (Wildman–Crippen MR) is 139 cm³/mol. The Morgan fingerprint density at radius 3 is 2.25 bits per heavy atom. The van der Waals surface area contributed by atoms with Crippen LogP contribution in [0.5, 0.6) is 0 Å². The van der Waals surface area contributed by atoms with Crippen LogP contribution in [0.2, 0.25) is 0 Å². The second-order valence-electron chi connectivity index (χ2n) is 10.8. The maximum Gasteiger partial charge on any atom is 0.254 e. The van der Waals surface area contributed by atoms with E-state index in [1.54, 1.807) is 6.21 Å². The van der Waals surface area contributed by atoms with Gasteiger partial charge in [0.05, 0.1) is 18.1 Å². The van der Waals surface area contributed by atoms with E-state index in [1.165, 1.54) is 21.3 Å². The number of carbonyl (C=O) groups is 2. The van der Waals surface area contributed by atoms with Gasteiger partial charge in [0.25, 0.3) is 11.8 Å². The van der Waals surface area contributed by atoms with Crippen molar-refractivity contribution in [3.8, 4) is 0 Å². The molecule has 5 nitrogen and oxygen atoms in total. The highest BCUT2D eigenvalue weighted by Crippen LogP contribution is 2.65. The molecule has 9 rings (SSSR count). The zero-order chi connectivity index (χ0) is 24.0. The highest BCUT2D eigenvalue weighted by atomic mass is 16.2. The van der Waals surface area contributed by atoms with E-state index in [4.69, 9.17) is 0 Å². The number of hydrogen-bond acceptors (Lipinski definition) is 3. The van der Waals surface area contributed by atoms with Gasteiger partial charge in [-0.15, -0.1) is 0 Å². The van der Waals surface area contributed by atoms with Crippen LogP contribution in [0.1, 0.15) is 17.5 Å². The summed E-state index contributed by atoms with van der Waals surface area (Å²) in [5.74, 6) is 0.926. The molecule has 176 valence electrons. The maximum atomic E-state index is 13.3. The van der Waals surface area contributed by atoms with Crippen molar-refractivity contribution >= 4 is 39.7 Å². The third-order valence-electron chi connectivity index (χ3n) is 8.99. The Balaban J connectivity index is 1.14. The van der Waals surface area contributed by atoms with Gasteiger partial charge >= 0.3 is 0 Å². The number of amides is 2. The molecule has 0 spiro atoms. The van der Waals surface area contributed by atoms with E-state index in [-0.39, 0.29) is 35.5 Å². The lowest BCUT2D eigenvalue weighted by atomic mass is 9.63. The first-order valence-electron chi connectivity index (χ1n) is 12.8. The van der Waals surface area contributed by atoms with Crippen LogP contribution in [0.25, 0.3) is 21.7 Å². The van der Waals surface area contributed by atoms with Crippen molar-refractivity contribution in [2.45, 2.75) is 13.0 Å². The van der Waals surface area contributed by atoms with Gasteiger partial charge in [0.2, 0.25) is 0 Å². The molecular weight excluding hydrogens is 446 g/mol. The summed E-state index contributed by atoms with van der Waals surface area (Å²) in [5, 5.41) is 9.20. The molecule has 2 saturated carbocycles. The van der Waals surface area contributed by atoms with E-state index in [0.717, 1.165) is 29.4 Å². The monoisotopic (exact) mass is 471 g/mol. The summed E-state index contributed by atoms with van der Waals surface area (Å²) in [4.78, 5) is 26.6. The maximum absolute atomic E-state index is 13.3. The molecule has 36 heavy (non-hydrogen) atoms. The summed E-state index contributed by atoms with van der Waals surface area (Å²) in [6.45, 7) is 0.721. The van der Waals surface area contributed by atoms with E-state index in [9.17, 15) is 9.59 Å². The predicted octanol–water partition coefficient (Wildman–Crippen LogP) is 5.23. The number of aromatic nitrogens is 1. The van der Waals surface area contributed by atoms with Crippen LogP contribution in [0, 0.1) is 35.5 Å². The molecule has 3 aromatic carbocycles. The smallest absolute Gasteiger partial charge is 0.254 e. The number of nitrogens with zero attached hydrogens (tertiary/aromatic N) is 3. The van der Waals surface area contributed by atoms with Crippen molar-refractivity contribution in [1.82, 2.24) is 9.58 Å². The molecule has 5 aliphatic rings. The standard InChI is InChI=1S/C31H25N3O2/c35-30-28-23-12-13-24(26-14-25(23)26)29(28)31(36)34(30)32-15-20-17-33(27-11-4-3-10-22(20)27)16-19-8-5-7-18-6-1-2-9-21(18)19/h1-13,15,17,23-26,28-29H,14,16H2/b32-15-/t23-,24-,25-,26+,28+,29+/m0/s1. The van der Waals surface area contributed by atoms with Gasteiger partial charge in [-0.3, -0.25) is 9.59 Å². The van der Waals surface area contributed by atoms with Crippen molar-refractivity contribution in [3.05, 3.63) is 96.2 Å². The van der Waals surface area contributed by atoms with Crippen LogP contribution in [0.3, 0.4) is 0 Å². The SMILES string of the molecule is O=C1[C@@H]2[C@H]3C=C[C@@H]([C@@H]4C[C@H]34)[C@H]2C(=O)N1/N=C\c1cn(Cc2cccc3ccccc23)c2ccccc12. The summed E-state index contributed by atoms with van der Waals surface area (Å²) >= 11 is 0. The fraction of sp³-hybridized carbons (Fsp3) is 0.258. The van der Waals surface area contributed by atoms with E-state index < -0.39 is 0 Å². The lowest BCUT2D eigenvalue weighted by Gasteiger charge is -2.37.